The van der Waals surface area contributed by atoms with Crippen molar-refractivity contribution in [3.8, 4) is 22.3 Å². The second-order valence-electron chi connectivity index (χ2n) is 11.5. The molecule has 0 amide bonds. The molecule has 3 aromatic rings. The Balaban J connectivity index is 1.82. The summed E-state index contributed by atoms with van der Waals surface area (Å²) >= 11 is 0. The first-order chi connectivity index (χ1) is 20.6. The molecule has 3 aromatic carbocycles. The Kier molecular flexibility index (Phi) is 12.5. The minimum atomic E-state index is -1.03. The summed E-state index contributed by atoms with van der Waals surface area (Å²) < 4.78 is 11.4. The van der Waals surface area contributed by atoms with Crippen LogP contribution in [0.25, 0.3) is 22.3 Å². The third kappa shape index (κ3) is 9.28. The smallest absolute Gasteiger partial charge is 0.338 e. The van der Waals surface area contributed by atoms with E-state index in [1.165, 1.54) is 0 Å². The SMILES string of the molecule is CCC(CC)C[C@@H](C)OC(=O)c1ccc(-c2ccc(C(=O)O)cc2-c2ccc(C(=O)O[C@H](C)CC(CC)CC)cc2)cc1. The van der Waals surface area contributed by atoms with Crippen molar-refractivity contribution in [2.75, 3.05) is 0 Å². The Morgan fingerprint density at radius 2 is 0.953 bits per heavy atom. The van der Waals surface area contributed by atoms with Gasteiger partial charge in [0.25, 0.3) is 0 Å². The molecule has 6 nitrogen and oxygen atoms in total. The van der Waals surface area contributed by atoms with Gasteiger partial charge in [0.15, 0.2) is 0 Å². The maximum atomic E-state index is 12.8. The molecule has 0 heterocycles. The fourth-order valence-corrected chi connectivity index (χ4v) is 5.52. The maximum Gasteiger partial charge on any atom is 0.338 e. The zero-order valence-electron chi connectivity index (χ0n) is 26.4. The second-order valence-corrected chi connectivity index (χ2v) is 11.5. The normalized spacial score (nSPS) is 12.7. The largest absolute Gasteiger partial charge is 0.478 e. The summed E-state index contributed by atoms with van der Waals surface area (Å²) in [6, 6.07) is 19.1. The van der Waals surface area contributed by atoms with Crippen molar-refractivity contribution in [3.05, 3.63) is 83.4 Å². The van der Waals surface area contributed by atoms with Gasteiger partial charge in [-0.25, -0.2) is 14.4 Å². The van der Waals surface area contributed by atoms with E-state index in [-0.39, 0.29) is 29.7 Å². The van der Waals surface area contributed by atoms with E-state index in [2.05, 4.69) is 27.7 Å². The fraction of sp³-hybridized carbons (Fsp3) is 0.432. The van der Waals surface area contributed by atoms with E-state index in [9.17, 15) is 19.5 Å². The fourth-order valence-electron chi connectivity index (χ4n) is 5.52. The van der Waals surface area contributed by atoms with Crippen molar-refractivity contribution in [1.82, 2.24) is 0 Å². The number of carboxylic acids is 1. The van der Waals surface area contributed by atoms with Crippen LogP contribution in [0.15, 0.2) is 66.7 Å². The number of benzene rings is 3. The van der Waals surface area contributed by atoms with Gasteiger partial charge in [0.05, 0.1) is 28.9 Å². The third-order valence-corrected chi connectivity index (χ3v) is 8.39. The van der Waals surface area contributed by atoms with Gasteiger partial charge in [0.2, 0.25) is 0 Å². The van der Waals surface area contributed by atoms with Gasteiger partial charge in [0.1, 0.15) is 0 Å². The van der Waals surface area contributed by atoms with Crippen LogP contribution in [-0.4, -0.2) is 35.2 Å². The summed E-state index contributed by atoms with van der Waals surface area (Å²) in [6.45, 7) is 12.5. The number of rotatable bonds is 15. The molecule has 6 heteroatoms. The van der Waals surface area contributed by atoms with Gasteiger partial charge >= 0.3 is 17.9 Å². The van der Waals surface area contributed by atoms with E-state index < -0.39 is 5.97 Å². The van der Waals surface area contributed by atoms with Gasteiger partial charge in [-0.3, -0.25) is 0 Å². The second kappa shape index (κ2) is 16.1. The molecule has 0 aromatic heterocycles. The van der Waals surface area contributed by atoms with E-state index >= 15 is 0 Å². The third-order valence-electron chi connectivity index (χ3n) is 8.39. The molecular formula is C37H46O6. The highest BCUT2D eigenvalue weighted by atomic mass is 16.5. The molecule has 0 saturated heterocycles. The maximum absolute atomic E-state index is 12.8. The van der Waals surface area contributed by atoms with Crippen LogP contribution in [0, 0.1) is 11.8 Å². The molecular weight excluding hydrogens is 540 g/mol. The number of carbonyl (C=O) groups excluding carboxylic acids is 2. The first-order valence-electron chi connectivity index (χ1n) is 15.6. The molecule has 0 bridgehead atoms. The van der Waals surface area contributed by atoms with Gasteiger partial charge in [-0.15, -0.1) is 0 Å². The molecule has 3 rings (SSSR count). The molecule has 2 atom stereocenters. The molecule has 0 spiro atoms. The molecule has 0 saturated carbocycles. The Morgan fingerprint density at radius 1 is 0.581 bits per heavy atom. The van der Waals surface area contributed by atoms with Crippen LogP contribution in [0.1, 0.15) is 111 Å². The standard InChI is InChI=1S/C37H46O6/c1-7-26(8-2)21-24(5)42-36(40)30-15-11-28(12-16-30)33-20-19-32(35(38)39)23-34(33)29-13-17-31(18-14-29)37(41)43-25(6)22-27(9-3)10-4/h11-20,23-27H,7-10,21-22H2,1-6H3,(H,38,39)/t24-,25-/m1/s1. The average molecular weight is 587 g/mol. The summed E-state index contributed by atoms with van der Waals surface area (Å²) in [5.41, 5.74) is 4.16. The highest BCUT2D eigenvalue weighted by Crippen LogP contribution is 2.34. The van der Waals surface area contributed by atoms with Crippen molar-refractivity contribution in [3.63, 3.8) is 0 Å². The first-order valence-corrected chi connectivity index (χ1v) is 15.6. The molecule has 0 radical (unpaired) electrons. The molecule has 0 fully saturated rings. The Bertz CT molecular complexity index is 1350. The Labute approximate surface area is 256 Å². The number of hydrogen-bond donors (Lipinski definition) is 1. The topological polar surface area (TPSA) is 89.9 Å². The highest BCUT2D eigenvalue weighted by Gasteiger charge is 2.19. The zero-order valence-corrected chi connectivity index (χ0v) is 26.4. The van der Waals surface area contributed by atoms with Crippen LogP contribution in [0.4, 0.5) is 0 Å². The van der Waals surface area contributed by atoms with Crippen LogP contribution >= 0.6 is 0 Å². The number of carbonyl (C=O) groups is 3. The van der Waals surface area contributed by atoms with Crippen LogP contribution in [0.3, 0.4) is 0 Å². The number of aromatic carboxylic acids is 1. The van der Waals surface area contributed by atoms with E-state index in [1.54, 1.807) is 54.6 Å². The predicted octanol–water partition coefficient (Wildman–Crippen LogP) is 9.46. The minimum absolute atomic E-state index is 0.157. The lowest BCUT2D eigenvalue weighted by Crippen LogP contribution is -2.18. The van der Waals surface area contributed by atoms with Gasteiger partial charge in [-0.2, -0.15) is 0 Å². The van der Waals surface area contributed by atoms with Crippen LogP contribution in [0.2, 0.25) is 0 Å². The van der Waals surface area contributed by atoms with E-state index in [0.29, 0.717) is 28.5 Å². The lowest BCUT2D eigenvalue weighted by atomic mass is 9.92. The summed E-state index contributed by atoms with van der Waals surface area (Å²) in [7, 11) is 0. The van der Waals surface area contributed by atoms with Crippen molar-refractivity contribution in [2.24, 2.45) is 11.8 Å². The molecule has 43 heavy (non-hydrogen) atoms. The van der Waals surface area contributed by atoms with Gasteiger partial charge in [-0.05, 0) is 97.2 Å². The predicted molar refractivity (Wildman–Crippen MR) is 171 cm³/mol. The van der Waals surface area contributed by atoms with E-state index in [1.807, 2.05) is 26.0 Å². The van der Waals surface area contributed by atoms with Crippen LogP contribution in [0.5, 0.6) is 0 Å². The first kappa shape index (κ1) is 33.6. The molecule has 0 aliphatic carbocycles. The lowest BCUT2D eigenvalue weighted by molar-refractivity contribution is 0.0275. The lowest BCUT2D eigenvalue weighted by Gasteiger charge is -2.19. The summed E-state index contributed by atoms with van der Waals surface area (Å²) in [4.78, 5) is 37.4. The number of hydrogen-bond acceptors (Lipinski definition) is 5. The molecule has 230 valence electrons. The molecule has 0 unspecified atom stereocenters. The molecule has 1 N–H and O–H groups in total. The van der Waals surface area contributed by atoms with Crippen LogP contribution in [-0.2, 0) is 9.47 Å². The Hall–Kier alpha value is -3.93. The average Bonchev–Trinajstić information content (AvgIpc) is 3.02. The number of ether oxygens (including phenoxy) is 2. The van der Waals surface area contributed by atoms with Gasteiger partial charge in [0, 0.05) is 0 Å². The summed E-state index contributed by atoms with van der Waals surface area (Å²) in [6.07, 6.45) is 5.54. The number of esters is 2. The Morgan fingerprint density at radius 3 is 1.33 bits per heavy atom. The molecule has 0 aliphatic rings. The van der Waals surface area contributed by atoms with Gasteiger partial charge in [-0.1, -0.05) is 83.7 Å². The van der Waals surface area contributed by atoms with Crippen molar-refractivity contribution < 1.29 is 29.0 Å². The van der Waals surface area contributed by atoms with Crippen LogP contribution < -0.4 is 0 Å². The molecule has 0 aliphatic heterocycles. The van der Waals surface area contributed by atoms with E-state index in [0.717, 1.165) is 55.2 Å². The number of carboxylic acid groups (broad SMARTS) is 1. The zero-order chi connectivity index (χ0) is 31.5. The monoisotopic (exact) mass is 586 g/mol. The van der Waals surface area contributed by atoms with Gasteiger partial charge < -0.3 is 14.6 Å². The minimum Gasteiger partial charge on any atom is -0.478 e. The van der Waals surface area contributed by atoms with Crippen molar-refractivity contribution in [2.45, 2.75) is 92.3 Å². The highest BCUT2D eigenvalue weighted by molar-refractivity contribution is 5.95. The quantitative estimate of drug-likeness (QED) is 0.178. The van der Waals surface area contributed by atoms with Crippen molar-refractivity contribution >= 4 is 17.9 Å². The summed E-state index contributed by atoms with van der Waals surface area (Å²) in [5, 5.41) is 9.66. The summed E-state index contributed by atoms with van der Waals surface area (Å²) in [5.74, 6) is -0.711. The van der Waals surface area contributed by atoms with Crippen molar-refractivity contribution in [1.29, 1.82) is 0 Å². The van der Waals surface area contributed by atoms with E-state index in [4.69, 9.17) is 9.47 Å².